The lowest BCUT2D eigenvalue weighted by molar-refractivity contribution is -0.120. The number of aliphatic imine (C=N–C) groups is 1. The summed E-state index contributed by atoms with van der Waals surface area (Å²) in [5.74, 6) is 1.48. The SMILES string of the molecule is CN=C(NCC(=O)NC1CCCCC1)NCc1ccc(C)cc1OC1CCOC1. The number of ether oxygens (including phenoxy) is 2. The number of guanidine groups is 1. The van der Waals surface area contributed by atoms with Gasteiger partial charge in [0.2, 0.25) is 5.91 Å². The number of aryl methyl sites for hydroxylation is 1. The van der Waals surface area contributed by atoms with E-state index in [0.29, 0.717) is 25.2 Å². The van der Waals surface area contributed by atoms with Crippen molar-refractivity contribution in [2.45, 2.75) is 64.1 Å². The summed E-state index contributed by atoms with van der Waals surface area (Å²) in [7, 11) is 1.71. The molecule has 1 aromatic carbocycles. The molecule has 2 aliphatic rings. The van der Waals surface area contributed by atoms with Gasteiger partial charge >= 0.3 is 0 Å². The second-order valence-corrected chi connectivity index (χ2v) is 7.90. The number of hydrogen-bond acceptors (Lipinski definition) is 4. The van der Waals surface area contributed by atoms with Gasteiger partial charge in [-0.2, -0.15) is 0 Å². The fraction of sp³-hybridized carbons (Fsp3) is 0.636. The third-order valence-electron chi connectivity index (χ3n) is 5.46. The molecule has 1 atom stereocenters. The van der Waals surface area contributed by atoms with Crippen molar-refractivity contribution >= 4 is 11.9 Å². The van der Waals surface area contributed by atoms with E-state index >= 15 is 0 Å². The molecule has 1 unspecified atom stereocenters. The number of nitrogens with one attached hydrogen (secondary N) is 3. The zero-order valence-corrected chi connectivity index (χ0v) is 17.6. The van der Waals surface area contributed by atoms with Crippen LogP contribution in [0.5, 0.6) is 5.75 Å². The summed E-state index contributed by atoms with van der Waals surface area (Å²) in [6.45, 7) is 4.23. The average Bonchev–Trinajstić information content (AvgIpc) is 3.23. The molecule has 1 aromatic rings. The predicted molar refractivity (Wildman–Crippen MR) is 114 cm³/mol. The summed E-state index contributed by atoms with van der Waals surface area (Å²) < 4.78 is 11.6. The highest BCUT2D eigenvalue weighted by molar-refractivity contribution is 5.86. The highest BCUT2D eigenvalue weighted by Crippen LogP contribution is 2.23. The number of carbonyl (C=O) groups excluding carboxylic acids is 1. The van der Waals surface area contributed by atoms with Crippen LogP contribution >= 0.6 is 0 Å². The van der Waals surface area contributed by atoms with E-state index in [-0.39, 0.29) is 18.6 Å². The topological polar surface area (TPSA) is 84.0 Å². The van der Waals surface area contributed by atoms with Gasteiger partial charge in [-0.25, -0.2) is 0 Å². The summed E-state index contributed by atoms with van der Waals surface area (Å²) in [6.07, 6.45) is 6.88. The Labute approximate surface area is 173 Å². The molecule has 3 rings (SSSR count). The Kier molecular flexibility index (Phi) is 8.16. The van der Waals surface area contributed by atoms with Crippen LogP contribution in [0.15, 0.2) is 23.2 Å². The van der Waals surface area contributed by atoms with Gasteiger partial charge in [0.15, 0.2) is 5.96 Å². The molecule has 1 saturated heterocycles. The first-order valence-corrected chi connectivity index (χ1v) is 10.7. The van der Waals surface area contributed by atoms with Crippen LogP contribution in [0.4, 0.5) is 0 Å². The lowest BCUT2D eigenvalue weighted by Gasteiger charge is -2.23. The summed E-state index contributed by atoms with van der Waals surface area (Å²) >= 11 is 0. The van der Waals surface area contributed by atoms with E-state index in [1.165, 1.54) is 19.3 Å². The van der Waals surface area contributed by atoms with E-state index in [1.54, 1.807) is 7.05 Å². The minimum atomic E-state index is 0.0143. The molecule has 0 aromatic heterocycles. The van der Waals surface area contributed by atoms with Crippen molar-refractivity contribution in [1.29, 1.82) is 0 Å². The van der Waals surface area contributed by atoms with Crippen molar-refractivity contribution in [3.8, 4) is 5.75 Å². The van der Waals surface area contributed by atoms with Gasteiger partial charge in [-0.05, 0) is 31.4 Å². The van der Waals surface area contributed by atoms with E-state index < -0.39 is 0 Å². The van der Waals surface area contributed by atoms with Crippen LogP contribution in [0.1, 0.15) is 49.7 Å². The van der Waals surface area contributed by atoms with Crippen LogP contribution < -0.4 is 20.7 Å². The molecule has 2 fully saturated rings. The van der Waals surface area contributed by atoms with Gasteiger partial charge in [0.1, 0.15) is 11.9 Å². The van der Waals surface area contributed by atoms with Gasteiger partial charge in [-0.15, -0.1) is 0 Å². The summed E-state index contributed by atoms with van der Waals surface area (Å²) in [6, 6.07) is 6.52. The van der Waals surface area contributed by atoms with Crippen LogP contribution in [0.25, 0.3) is 0 Å². The van der Waals surface area contributed by atoms with Gasteiger partial charge < -0.3 is 25.4 Å². The first-order chi connectivity index (χ1) is 14.1. The van der Waals surface area contributed by atoms with E-state index in [9.17, 15) is 4.79 Å². The zero-order valence-electron chi connectivity index (χ0n) is 17.6. The quantitative estimate of drug-likeness (QED) is 0.481. The number of carbonyl (C=O) groups is 1. The smallest absolute Gasteiger partial charge is 0.239 e. The fourth-order valence-corrected chi connectivity index (χ4v) is 3.79. The third-order valence-corrected chi connectivity index (χ3v) is 5.46. The van der Waals surface area contributed by atoms with Crippen molar-refractivity contribution in [2.75, 3.05) is 26.8 Å². The molecule has 1 aliphatic carbocycles. The van der Waals surface area contributed by atoms with Gasteiger partial charge in [-0.3, -0.25) is 9.79 Å². The maximum atomic E-state index is 12.2. The molecular formula is C22H34N4O3. The second-order valence-electron chi connectivity index (χ2n) is 7.90. The Bertz CT molecular complexity index is 695. The maximum absolute atomic E-state index is 12.2. The van der Waals surface area contributed by atoms with Gasteiger partial charge in [-0.1, -0.05) is 31.4 Å². The molecule has 7 heteroatoms. The molecule has 1 saturated carbocycles. The van der Waals surface area contributed by atoms with Crippen LogP contribution in [-0.4, -0.2) is 50.8 Å². The average molecular weight is 403 g/mol. The lowest BCUT2D eigenvalue weighted by atomic mass is 9.95. The van der Waals surface area contributed by atoms with Crippen LogP contribution in [0.3, 0.4) is 0 Å². The van der Waals surface area contributed by atoms with Crippen molar-refractivity contribution in [2.24, 2.45) is 4.99 Å². The number of benzene rings is 1. The number of nitrogens with zero attached hydrogens (tertiary/aromatic N) is 1. The highest BCUT2D eigenvalue weighted by atomic mass is 16.5. The van der Waals surface area contributed by atoms with E-state index in [4.69, 9.17) is 9.47 Å². The van der Waals surface area contributed by atoms with E-state index in [2.05, 4.69) is 46.1 Å². The number of rotatable bonds is 7. The van der Waals surface area contributed by atoms with Crippen LogP contribution in [0, 0.1) is 6.92 Å². The maximum Gasteiger partial charge on any atom is 0.239 e. The molecule has 1 amide bonds. The normalized spacial score (nSPS) is 20.3. The molecule has 29 heavy (non-hydrogen) atoms. The van der Waals surface area contributed by atoms with E-state index in [0.717, 1.165) is 42.7 Å². The van der Waals surface area contributed by atoms with Crippen molar-refractivity contribution < 1.29 is 14.3 Å². The molecular weight excluding hydrogens is 368 g/mol. The monoisotopic (exact) mass is 402 g/mol. The second kappa shape index (κ2) is 11.0. The Balaban J connectivity index is 1.47. The minimum Gasteiger partial charge on any atom is -0.488 e. The number of hydrogen-bond donors (Lipinski definition) is 3. The molecule has 1 heterocycles. The van der Waals surface area contributed by atoms with Gasteiger partial charge in [0.25, 0.3) is 0 Å². The molecule has 3 N–H and O–H groups in total. The van der Waals surface area contributed by atoms with E-state index in [1.807, 2.05) is 0 Å². The first-order valence-electron chi connectivity index (χ1n) is 10.7. The Hall–Kier alpha value is -2.28. The summed E-state index contributed by atoms with van der Waals surface area (Å²) in [4.78, 5) is 16.4. The van der Waals surface area contributed by atoms with Crippen molar-refractivity contribution in [3.05, 3.63) is 29.3 Å². The fourth-order valence-electron chi connectivity index (χ4n) is 3.79. The molecule has 1 aliphatic heterocycles. The summed E-state index contributed by atoms with van der Waals surface area (Å²) in [5.41, 5.74) is 2.21. The Morgan fingerprint density at radius 1 is 1.21 bits per heavy atom. The molecule has 7 nitrogen and oxygen atoms in total. The predicted octanol–water partition coefficient (Wildman–Crippen LogP) is 2.28. The zero-order chi connectivity index (χ0) is 20.5. The molecule has 0 radical (unpaired) electrons. The van der Waals surface area contributed by atoms with Gasteiger partial charge in [0.05, 0.1) is 19.8 Å². The van der Waals surface area contributed by atoms with Crippen molar-refractivity contribution in [3.63, 3.8) is 0 Å². The third kappa shape index (κ3) is 6.92. The first kappa shape index (κ1) is 21.4. The molecule has 160 valence electrons. The summed E-state index contributed by atoms with van der Waals surface area (Å²) in [5, 5.41) is 9.49. The Morgan fingerprint density at radius 3 is 2.76 bits per heavy atom. The van der Waals surface area contributed by atoms with Crippen LogP contribution in [-0.2, 0) is 16.1 Å². The minimum absolute atomic E-state index is 0.0143. The highest BCUT2D eigenvalue weighted by Gasteiger charge is 2.19. The van der Waals surface area contributed by atoms with Crippen LogP contribution in [0.2, 0.25) is 0 Å². The number of amides is 1. The largest absolute Gasteiger partial charge is 0.488 e. The van der Waals surface area contributed by atoms with Gasteiger partial charge in [0, 0.05) is 31.6 Å². The molecule has 0 spiro atoms. The van der Waals surface area contributed by atoms with Crippen molar-refractivity contribution in [1.82, 2.24) is 16.0 Å². The lowest BCUT2D eigenvalue weighted by Crippen LogP contribution is -2.45. The standard InChI is InChI=1S/C22H34N4O3/c1-16-8-9-17(20(12-16)29-19-10-11-28-15-19)13-24-22(23-2)25-14-21(27)26-18-6-4-3-5-7-18/h8-9,12,18-19H,3-7,10-11,13-15H2,1-2H3,(H,26,27)(H2,23,24,25). The molecule has 0 bridgehead atoms. The Morgan fingerprint density at radius 2 is 2.03 bits per heavy atom.